The van der Waals surface area contributed by atoms with Gasteiger partial charge in [0.1, 0.15) is 0 Å². The molecule has 0 saturated heterocycles. The van der Waals surface area contributed by atoms with E-state index in [1.807, 2.05) is 13.1 Å². The third-order valence-electron chi connectivity index (χ3n) is 2.63. The molecule has 0 aliphatic heterocycles. The van der Waals surface area contributed by atoms with E-state index in [0.29, 0.717) is 0 Å². The fraction of sp³-hybridized carbons (Fsp3) is 0.286. The van der Waals surface area contributed by atoms with Crippen LogP contribution in [0, 0.1) is 6.92 Å². The lowest BCUT2D eigenvalue weighted by molar-refractivity contribution is 0.675. The van der Waals surface area contributed by atoms with Gasteiger partial charge in [-0.2, -0.15) is 0 Å². The number of hydrogen-bond donors (Lipinski definition) is 1. The van der Waals surface area contributed by atoms with Crippen molar-refractivity contribution in [3.05, 3.63) is 53.6 Å². The second kappa shape index (κ2) is 6.52. The molecule has 1 aromatic heterocycles. The van der Waals surface area contributed by atoms with Crippen LogP contribution in [-0.4, -0.2) is 16.2 Å². The van der Waals surface area contributed by atoms with Crippen molar-refractivity contribution < 1.29 is 0 Å². The van der Waals surface area contributed by atoms with Crippen LogP contribution >= 0.6 is 11.8 Å². The van der Waals surface area contributed by atoms with Gasteiger partial charge in [-0.3, -0.25) is 9.97 Å². The van der Waals surface area contributed by atoms with Crippen LogP contribution in [0.5, 0.6) is 0 Å². The highest BCUT2D eigenvalue weighted by molar-refractivity contribution is 7.98. The monoisotopic (exact) mass is 259 g/mol. The second-order valence-electron chi connectivity index (χ2n) is 4.10. The molecule has 1 aromatic carbocycles. The summed E-state index contributed by atoms with van der Waals surface area (Å²) in [5, 5.41) is 3.37. The zero-order chi connectivity index (χ0) is 12.8. The van der Waals surface area contributed by atoms with E-state index in [2.05, 4.69) is 45.8 Å². The number of aromatic nitrogens is 2. The summed E-state index contributed by atoms with van der Waals surface area (Å²) < 4.78 is 0. The Hall–Kier alpha value is -1.39. The lowest BCUT2D eigenvalue weighted by Crippen LogP contribution is -2.13. The summed E-state index contributed by atoms with van der Waals surface area (Å²) in [6.45, 7) is 3.54. The highest BCUT2D eigenvalue weighted by Gasteiger charge is 1.96. The van der Waals surface area contributed by atoms with Crippen LogP contribution in [0.15, 0.2) is 41.6 Å². The number of rotatable bonds is 5. The van der Waals surface area contributed by atoms with Gasteiger partial charge in [-0.15, -0.1) is 11.8 Å². The van der Waals surface area contributed by atoms with Gasteiger partial charge in [0.2, 0.25) is 0 Å². The Balaban J connectivity index is 1.82. The molecule has 1 N–H and O–H groups in total. The third kappa shape index (κ3) is 3.82. The molecule has 94 valence electrons. The molecule has 0 atom stereocenters. The Bertz CT molecular complexity index is 479. The number of benzene rings is 1. The van der Waals surface area contributed by atoms with Gasteiger partial charge in [0, 0.05) is 30.4 Å². The van der Waals surface area contributed by atoms with Crippen LogP contribution in [-0.2, 0) is 13.1 Å². The summed E-state index contributed by atoms with van der Waals surface area (Å²) in [4.78, 5) is 9.83. The first kappa shape index (κ1) is 13.1. The Kier molecular flexibility index (Phi) is 4.73. The van der Waals surface area contributed by atoms with Crippen LogP contribution in [0.2, 0.25) is 0 Å². The zero-order valence-electron chi connectivity index (χ0n) is 10.7. The lowest BCUT2D eigenvalue weighted by atomic mass is 10.2. The first-order valence-electron chi connectivity index (χ1n) is 5.89. The first-order valence-corrected chi connectivity index (χ1v) is 7.11. The highest BCUT2D eigenvalue weighted by Crippen LogP contribution is 2.14. The van der Waals surface area contributed by atoms with Gasteiger partial charge < -0.3 is 5.32 Å². The molecular weight excluding hydrogens is 242 g/mol. The predicted octanol–water partition coefficient (Wildman–Crippen LogP) is 2.80. The molecule has 0 unspecified atom stereocenters. The van der Waals surface area contributed by atoms with Gasteiger partial charge in [-0.05, 0) is 30.9 Å². The molecule has 0 aliphatic rings. The standard InChI is InChI=1S/C14H17N3S/c1-11-7-17-13(10-16-11)9-15-8-12-3-5-14(18-2)6-4-12/h3-7,10,15H,8-9H2,1-2H3. The number of hydrogen-bond acceptors (Lipinski definition) is 4. The topological polar surface area (TPSA) is 37.8 Å². The van der Waals surface area contributed by atoms with Crippen LogP contribution < -0.4 is 5.32 Å². The third-order valence-corrected chi connectivity index (χ3v) is 3.37. The largest absolute Gasteiger partial charge is 0.307 e. The maximum atomic E-state index is 4.31. The molecule has 2 rings (SSSR count). The minimum atomic E-state index is 0.748. The van der Waals surface area contributed by atoms with Crippen LogP contribution in [0.4, 0.5) is 0 Å². The Morgan fingerprint density at radius 1 is 1.06 bits per heavy atom. The summed E-state index contributed by atoms with van der Waals surface area (Å²) in [6, 6.07) is 8.60. The van der Waals surface area contributed by atoms with Crippen molar-refractivity contribution in [1.29, 1.82) is 0 Å². The molecule has 0 radical (unpaired) electrons. The van der Waals surface area contributed by atoms with Crippen LogP contribution in [0.1, 0.15) is 17.0 Å². The average molecular weight is 259 g/mol. The van der Waals surface area contributed by atoms with E-state index >= 15 is 0 Å². The van der Waals surface area contributed by atoms with Crippen molar-refractivity contribution >= 4 is 11.8 Å². The molecular formula is C14H17N3S. The lowest BCUT2D eigenvalue weighted by Gasteiger charge is -2.05. The van der Waals surface area contributed by atoms with Crippen molar-refractivity contribution in [2.24, 2.45) is 0 Å². The molecule has 3 nitrogen and oxygen atoms in total. The van der Waals surface area contributed by atoms with Gasteiger partial charge in [0.15, 0.2) is 0 Å². The smallest absolute Gasteiger partial charge is 0.0724 e. The van der Waals surface area contributed by atoms with Gasteiger partial charge in [0.05, 0.1) is 11.4 Å². The van der Waals surface area contributed by atoms with Crippen molar-refractivity contribution in [3.8, 4) is 0 Å². The minimum absolute atomic E-state index is 0.748. The predicted molar refractivity (Wildman–Crippen MR) is 75.5 cm³/mol. The quantitative estimate of drug-likeness (QED) is 0.838. The van der Waals surface area contributed by atoms with E-state index in [4.69, 9.17) is 0 Å². The number of nitrogens with one attached hydrogen (secondary N) is 1. The summed E-state index contributed by atoms with van der Waals surface area (Å²) in [6.07, 6.45) is 5.70. The van der Waals surface area contributed by atoms with Crippen LogP contribution in [0.25, 0.3) is 0 Å². The summed E-state index contributed by atoms with van der Waals surface area (Å²) in [5.41, 5.74) is 3.21. The molecule has 0 spiro atoms. The summed E-state index contributed by atoms with van der Waals surface area (Å²) in [7, 11) is 0. The fourth-order valence-electron chi connectivity index (χ4n) is 1.59. The average Bonchev–Trinajstić information content (AvgIpc) is 2.42. The summed E-state index contributed by atoms with van der Waals surface area (Å²) in [5.74, 6) is 0. The molecule has 0 bridgehead atoms. The molecule has 0 fully saturated rings. The van der Waals surface area contributed by atoms with Crippen molar-refractivity contribution in [2.45, 2.75) is 24.9 Å². The summed E-state index contributed by atoms with van der Waals surface area (Å²) >= 11 is 1.76. The highest BCUT2D eigenvalue weighted by atomic mass is 32.2. The molecule has 0 saturated carbocycles. The second-order valence-corrected chi connectivity index (χ2v) is 4.98. The first-order chi connectivity index (χ1) is 8.78. The van der Waals surface area contributed by atoms with Gasteiger partial charge in [0.25, 0.3) is 0 Å². The van der Waals surface area contributed by atoms with Gasteiger partial charge >= 0.3 is 0 Å². The van der Waals surface area contributed by atoms with Crippen molar-refractivity contribution in [2.75, 3.05) is 6.26 Å². The zero-order valence-corrected chi connectivity index (χ0v) is 11.5. The Morgan fingerprint density at radius 3 is 2.44 bits per heavy atom. The van der Waals surface area contributed by atoms with E-state index in [-0.39, 0.29) is 0 Å². The van der Waals surface area contributed by atoms with Crippen LogP contribution in [0.3, 0.4) is 0 Å². The molecule has 4 heteroatoms. The van der Waals surface area contributed by atoms with E-state index in [1.165, 1.54) is 10.5 Å². The van der Waals surface area contributed by atoms with Crippen molar-refractivity contribution in [1.82, 2.24) is 15.3 Å². The van der Waals surface area contributed by atoms with E-state index < -0.39 is 0 Å². The number of aryl methyl sites for hydroxylation is 1. The number of nitrogens with zero attached hydrogens (tertiary/aromatic N) is 2. The van der Waals surface area contributed by atoms with Gasteiger partial charge in [-0.25, -0.2) is 0 Å². The van der Waals surface area contributed by atoms with E-state index in [9.17, 15) is 0 Å². The normalized spacial score (nSPS) is 10.6. The maximum Gasteiger partial charge on any atom is 0.0724 e. The SMILES string of the molecule is CSc1ccc(CNCc2cnc(C)cn2)cc1. The molecule has 2 aromatic rings. The molecule has 1 heterocycles. The number of thioether (sulfide) groups is 1. The minimum Gasteiger partial charge on any atom is -0.307 e. The van der Waals surface area contributed by atoms with E-state index in [1.54, 1.807) is 18.0 Å². The van der Waals surface area contributed by atoms with E-state index in [0.717, 1.165) is 24.5 Å². The molecule has 0 aliphatic carbocycles. The van der Waals surface area contributed by atoms with Gasteiger partial charge in [-0.1, -0.05) is 12.1 Å². The van der Waals surface area contributed by atoms with Crippen molar-refractivity contribution in [3.63, 3.8) is 0 Å². The fourth-order valence-corrected chi connectivity index (χ4v) is 2.00. The Morgan fingerprint density at radius 2 is 1.83 bits per heavy atom. The maximum absolute atomic E-state index is 4.31. The Labute approximate surface area is 112 Å². The molecule has 18 heavy (non-hydrogen) atoms. The molecule has 0 amide bonds.